The summed E-state index contributed by atoms with van der Waals surface area (Å²) in [5, 5.41) is 14.6. The molecule has 43 heavy (non-hydrogen) atoms. The third-order valence-electron chi connectivity index (χ3n) is 8.81. The van der Waals surface area contributed by atoms with Crippen LogP contribution >= 0.6 is 0 Å². The van der Waals surface area contributed by atoms with E-state index < -0.39 is 39.9 Å². The van der Waals surface area contributed by atoms with Crippen molar-refractivity contribution in [2.45, 2.75) is 17.5 Å². The number of nitro groups is 1. The lowest BCUT2D eigenvalue weighted by Gasteiger charge is -2.37. The number of ketones is 2. The van der Waals surface area contributed by atoms with Crippen molar-refractivity contribution in [2.24, 2.45) is 5.92 Å². The van der Waals surface area contributed by atoms with E-state index in [1.807, 2.05) is 59.5 Å². The molecule has 1 fully saturated rings. The topological polar surface area (TPSA) is 119 Å². The fraction of sp³-hybridized carbons (Fsp3) is 0.147. The van der Waals surface area contributed by atoms with Gasteiger partial charge in [0.25, 0.3) is 5.69 Å². The minimum absolute atomic E-state index is 0.0845. The highest BCUT2D eigenvalue weighted by Crippen LogP contribution is 2.58. The third kappa shape index (κ3) is 3.74. The Bertz CT molecular complexity index is 1870. The largest absolute Gasteiger partial charge is 0.497 e. The van der Waals surface area contributed by atoms with Gasteiger partial charge in [0.15, 0.2) is 11.6 Å². The second-order valence-corrected chi connectivity index (χ2v) is 10.8. The first-order chi connectivity index (χ1) is 20.9. The molecule has 0 aliphatic carbocycles. The van der Waals surface area contributed by atoms with Crippen LogP contribution in [0.4, 0.5) is 17.1 Å². The molecule has 0 aromatic heterocycles. The quantitative estimate of drug-likeness (QED) is 0.185. The molecule has 1 saturated heterocycles. The van der Waals surface area contributed by atoms with Crippen LogP contribution in [-0.2, 0) is 10.2 Å². The number of nitrogens with zero attached hydrogens (tertiary/aromatic N) is 2. The second-order valence-electron chi connectivity index (χ2n) is 10.8. The summed E-state index contributed by atoms with van der Waals surface area (Å²) in [5.41, 5.74) is 1.42. The number of non-ortho nitro benzene ring substituents is 1. The standard InChI is InChI=1S/C34H25N3O6/c1-43-24-16-13-21(14-17-24)31(38)29-30(32(39)22-8-6-9-23(19-22)37(41)42)36-27-12-5-2-7-20(27)15-18-28(36)34(29)25-10-3-4-11-26(25)35-33(34)40/h2-19,28-30H,1H3,(H,35,40)/t28-,29+,30+,34+/m1/s1. The lowest BCUT2D eigenvalue weighted by atomic mass is 9.64. The molecule has 0 bridgehead atoms. The summed E-state index contributed by atoms with van der Waals surface area (Å²) in [7, 11) is 1.53. The summed E-state index contributed by atoms with van der Waals surface area (Å²) >= 11 is 0. The van der Waals surface area contributed by atoms with Crippen LogP contribution in [0.25, 0.3) is 6.08 Å². The number of hydrogen-bond acceptors (Lipinski definition) is 7. The van der Waals surface area contributed by atoms with Gasteiger partial charge in [-0.2, -0.15) is 0 Å². The van der Waals surface area contributed by atoms with Crippen molar-refractivity contribution in [3.63, 3.8) is 0 Å². The fourth-order valence-electron chi connectivity index (χ4n) is 7.00. The Morgan fingerprint density at radius 3 is 2.42 bits per heavy atom. The Balaban J connectivity index is 1.52. The van der Waals surface area contributed by atoms with E-state index in [-0.39, 0.29) is 17.2 Å². The maximum atomic E-state index is 14.8. The van der Waals surface area contributed by atoms with Crippen LogP contribution in [0.15, 0.2) is 103 Å². The number of carbonyl (C=O) groups excluding carboxylic acids is 3. The number of para-hydroxylation sites is 2. The monoisotopic (exact) mass is 571 g/mol. The Labute approximate surface area is 246 Å². The lowest BCUT2D eigenvalue weighted by Crippen LogP contribution is -2.51. The molecule has 1 amide bonds. The molecule has 1 N–H and O–H groups in total. The summed E-state index contributed by atoms with van der Waals surface area (Å²) < 4.78 is 5.29. The number of anilines is 2. The van der Waals surface area contributed by atoms with Crippen LogP contribution in [0.1, 0.15) is 31.8 Å². The van der Waals surface area contributed by atoms with Crippen LogP contribution < -0.4 is 15.0 Å². The van der Waals surface area contributed by atoms with Crippen molar-refractivity contribution in [3.05, 3.63) is 136 Å². The van der Waals surface area contributed by atoms with Gasteiger partial charge in [0, 0.05) is 34.6 Å². The molecule has 7 rings (SSSR count). The molecule has 4 atom stereocenters. The maximum absolute atomic E-state index is 14.8. The number of nitro benzene ring substituents is 1. The van der Waals surface area contributed by atoms with E-state index in [0.717, 1.165) is 5.56 Å². The number of nitrogens with one attached hydrogen (secondary N) is 1. The predicted octanol–water partition coefficient (Wildman–Crippen LogP) is 5.46. The summed E-state index contributed by atoms with van der Waals surface area (Å²) in [6.45, 7) is 0. The van der Waals surface area contributed by atoms with E-state index in [4.69, 9.17) is 4.74 Å². The van der Waals surface area contributed by atoms with Gasteiger partial charge in [-0.25, -0.2) is 0 Å². The molecule has 0 unspecified atom stereocenters. The first-order valence-corrected chi connectivity index (χ1v) is 13.8. The van der Waals surface area contributed by atoms with Crippen molar-refractivity contribution in [2.75, 3.05) is 17.3 Å². The molecule has 0 radical (unpaired) electrons. The molecule has 9 nitrogen and oxygen atoms in total. The molecule has 4 aromatic rings. The van der Waals surface area contributed by atoms with Gasteiger partial charge in [0.2, 0.25) is 5.91 Å². The minimum atomic E-state index is -1.47. The molecule has 3 aliphatic heterocycles. The van der Waals surface area contributed by atoms with Crippen molar-refractivity contribution in [1.82, 2.24) is 0 Å². The zero-order valence-corrected chi connectivity index (χ0v) is 23.0. The highest BCUT2D eigenvalue weighted by molar-refractivity contribution is 6.18. The molecule has 212 valence electrons. The maximum Gasteiger partial charge on any atom is 0.270 e. The van der Waals surface area contributed by atoms with Gasteiger partial charge < -0.3 is 15.0 Å². The molecule has 9 heteroatoms. The summed E-state index contributed by atoms with van der Waals surface area (Å²) in [6.07, 6.45) is 3.81. The van der Waals surface area contributed by atoms with E-state index in [1.54, 1.807) is 30.3 Å². The molecule has 4 aromatic carbocycles. The van der Waals surface area contributed by atoms with Crippen molar-refractivity contribution in [3.8, 4) is 5.75 Å². The lowest BCUT2D eigenvalue weighted by molar-refractivity contribution is -0.384. The van der Waals surface area contributed by atoms with Crippen LogP contribution in [0.5, 0.6) is 5.75 Å². The van der Waals surface area contributed by atoms with Gasteiger partial charge in [0.1, 0.15) is 17.2 Å². The highest BCUT2D eigenvalue weighted by atomic mass is 16.6. The van der Waals surface area contributed by atoms with Crippen molar-refractivity contribution < 1.29 is 24.0 Å². The summed E-state index contributed by atoms with van der Waals surface area (Å²) in [6, 6.07) is 25.0. The number of benzene rings is 4. The number of fused-ring (bicyclic) bond motifs is 6. The molecular weight excluding hydrogens is 546 g/mol. The Morgan fingerprint density at radius 1 is 0.907 bits per heavy atom. The van der Waals surface area contributed by atoms with Crippen molar-refractivity contribution >= 4 is 40.6 Å². The van der Waals surface area contributed by atoms with Crippen LogP contribution in [0, 0.1) is 16.0 Å². The number of rotatable bonds is 6. The molecule has 0 saturated carbocycles. The average Bonchev–Trinajstić information content (AvgIpc) is 3.52. The number of methoxy groups -OCH3 is 1. The van der Waals surface area contributed by atoms with Gasteiger partial charge >= 0.3 is 0 Å². The van der Waals surface area contributed by atoms with Crippen molar-refractivity contribution in [1.29, 1.82) is 0 Å². The van der Waals surface area contributed by atoms with E-state index in [2.05, 4.69) is 5.32 Å². The second kappa shape index (κ2) is 9.77. The SMILES string of the molecule is COc1ccc(C(=O)[C@@H]2[C@@H](C(=O)c3cccc([N+](=O)[O-])c3)N3c4ccccc4C=C[C@@H]3[C@]23C(=O)Nc2ccccc23)cc1. The minimum Gasteiger partial charge on any atom is -0.497 e. The van der Waals surface area contributed by atoms with E-state index in [1.165, 1.54) is 31.4 Å². The number of Topliss-reactive ketones (excluding diaryl/α,β-unsaturated/α-hetero) is 2. The number of hydrogen-bond donors (Lipinski definition) is 1. The van der Waals surface area contributed by atoms with Gasteiger partial charge in [-0.05, 0) is 47.5 Å². The number of amides is 1. The highest BCUT2D eigenvalue weighted by Gasteiger charge is 2.70. The first kappa shape index (κ1) is 26.3. The zero-order chi connectivity index (χ0) is 29.9. The number of ether oxygens (including phenoxy) is 1. The zero-order valence-electron chi connectivity index (χ0n) is 23.0. The van der Waals surface area contributed by atoms with Crippen LogP contribution in [-0.4, -0.2) is 41.6 Å². The van der Waals surface area contributed by atoms with Crippen LogP contribution in [0.2, 0.25) is 0 Å². The number of carbonyl (C=O) groups is 3. The molecular formula is C34H25N3O6. The Hall–Kier alpha value is -5.57. The van der Waals surface area contributed by atoms with E-state index in [9.17, 15) is 24.5 Å². The molecule has 1 spiro atoms. The first-order valence-electron chi connectivity index (χ1n) is 13.8. The summed E-state index contributed by atoms with van der Waals surface area (Å²) in [5.74, 6) is -1.88. The van der Waals surface area contributed by atoms with E-state index >= 15 is 0 Å². The van der Waals surface area contributed by atoms with Gasteiger partial charge in [-0.1, -0.05) is 60.7 Å². The van der Waals surface area contributed by atoms with Gasteiger partial charge in [-0.3, -0.25) is 24.5 Å². The van der Waals surface area contributed by atoms with E-state index in [0.29, 0.717) is 28.3 Å². The van der Waals surface area contributed by atoms with Gasteiger partial charge in [0.05, 0.1) is 24.0 Å². The predicted molar refractivity (Wildman–Crippen MR) is 161 cm³/mol. The van der Waals surface area contributed by atoms with Gasteiger partial charge in [-0.15, -0.1) is 0 Å². The molecule has 3 heterocycles. The normalized spacial score (nSPS) is 22.9. The summed E-state index contributed by atoms with van der Waals surface area (Å²) in [4.78, 5) is 56.8. The smallest absolute Gasteiger partial charge is 0.270 e. The third-order valence-corrected chi connectivity index (χ3v) is 8.81. The Morgan fingerprint density at radius 2 is 1.65 bits per heavy atom. The molecule has 3 aliphatic rings. The fourth-order valence-corrected chi connectivity index (χ4v) is 7.00. The average molecular weight is 572 g/mol. The Kier molecular flexibility index (Phi) is 5.98. The van der Waals surface area contributed by atoms with Crippen LogP contribution in [0.3, 0.4) is 0 Å².